The Kier molecular flexibility index (Phi) is 11.4. The van der Waals surface area contributed by atoms with Crippen LogP contribution in [0.2, 0.25) is 0 Å². The average Bonchev–Trinajstić information content (AvgIpc) is 3.28. The molecule has 0 amide bonds. The molecule has 11 heteroatoms. The fourth-order valence-electron chi connectivity index (χ4n) is 11.2. The van der Waals surface area contributed by atoms with Gasteiger partial charge in [-0.25, -0.2) is 0 Å². The van der Waals surface area contributed by atoms with Gasteiger partial charge in [0, 0.05) is 31.6 Å². The van der Waals surface area contributed by atoms with Crippen LogP contribution in [0.5, 0.6) is 0 Å². The smallest absolute Gasteiger partial charge is 0.311 e. The maximum Gasteiger partial charge on any atom is 0.311 e. The summed E-state index contributed by atoms with van der Waals surface area (Å²) < 4.78 is 22.9. The molecular formula is C41H62O11. The van der Waals surface area contributed by atoms with Gasteiger partial charge in [0.15, 0.2) is 0 Å². The molecule has 0 radical (unpaired) electrons. The van der Waals surface area contributed by atoms with E-state index >= 15 is 0 Å². The van der Waals surface area contributed by atoms with Crippen LogP contribution >= 0.6 is 0 Å². The standard InChI is InChI=1S/C41H62O11/c1-21(2)22(3)11-12-25(36(48)52-37-35(47)34(46)33(45)29(51-37)20-49-23(4)42)32-28(50-24(5)43)19-41(10)27-13-14-30-38(6,7)31(44)16-17-39(30,8)26(27)15-18-40(32,41)9/h21,25,28-30,32-35,37,45-47H,3,11-20H2,1-2,4-10H3/t25-,28-,29-,30+,32+,33-,34+,35-,37+,39-,40-,41+/m1/s1. The zero-order valence-electron chi connectivity index (χ0n) is 32.7. The zero-order valence-corrected chi connectivity index (χ0v) is 32.7. The highest BCUT2D eigenvalue weighted by atomic mass is 16.7. The van der Waals surface area contributed by atoms with E-state index < -0.39 is 89.4 Å². The third kappa shape index (κ3) is 6.81. The number of ketones is 1. The molecule has 5 aliphatic rings. The molecule has 12 atom stereocenters. The Bertz CT molecular complexity index is 1480. The fourth-order valence-corrected chi connectivity index (χ4v) is 11.2. The largest absolute Gasteiger partial charge is 0.463 e. The zero-order chi connectivity index (χ0) is 38.7. The Morgan fingerprint density at radius 2 is 1.58 bits per heavy atom. The summed E-state index contributed by atoms with van der Waals surface area (Å²) in [5, 5.41) is 32.1. The lowest BCUT2D eigenvalue weighted by atomic mass is 9.43. The molecule has 1 saturated heterocycles. The summed E-state index contributed by atoms with van der Waals surface area (Å²) in [4.78, 5) is 52.0. The molecule has 0 bridgehead atoms. The first-order valence-corrected chi connectivity index (χ1v) is 19.2. The molecule has 11 nitrogen and oxygen atoms in total. The first-order valence-electron chi connectivity index (χ1n) is 19.2. The van der Waals surface area contributed by atoms with Gasteiger partial charge in [-0.3, -0.25) is 19.2 Å². The third-order valence-corrected chi connectivity index (χ3v) is 14.5. The highest BCUT2D eigenvalue weighted by molar-refractivity contribution is 5.86. The number of aliphatic hydroxyl groups excluding tert-OH is 3. The van der Waals surface area contributed by atoms with Crippen molar-refractivity contribution in [1.82, 2.24) is 0 Å². The Morgan fingerprint density at radius 1 is 0.904 bits per heavy atom. The quantitative estimate of drug-likeness (QED) is 0.150. The van der Waals surface area contributed by atoms with Gasteiger partial charge in [0.05, 0.1) is 5.92 Å². The van der Waals surface area contributed by atoms with Crippen LogP contribution in [0.4, 0.5) is 0 Å². The summed E-state index contributed by atoms with van der Waals surface area (Å²) >= 11 is 0. The van der Waals surface area contributed by atoms with Crippen molar-refractivity contribution in [3.05, 3.63) is 23.3 Å². The molecule has 52 heavy (non-hydrogen) atoms. The van der Waals surface area contributed by atoms with Crippen LogP contribution in [0.25, 0.3) is 0 Å². The van der Waals surface area contributed by atoms with Crippen molar-refractivity contribution in [2.24, 2.45) is 45.3 Å². The first-order chi connectivity index (χ1) is 24.1. The molecule has 0 aromatic rings. The Hall–Kier alpha value is -2.60. The number of fused-ring (bicyclic) bond motifs is 4. The van der Waals surface area contributed by atoms with Gasteiger partial charge in [0.2, 0.25) is 6.29 Å². The van der Waals surface area contributed by atoms with Crippen molar-refractivity contribution >= 4 is 23.7 Å². The van der Waals surface area contributed by atoms with Crippen LogP contribution in [-0.4, -0.2) is 82.4 Å². The van der Waals surface area contributed by atoms with Gasteiger partial charge in [-0.2, -0.15) is 0 Å². The second-order valence-electron chi connectivity index (χ2n) is 18.0. The predicted octanol–water partition coefficient (Wildman–Crippen LogP) is 5.37. The van der Waals surface area contributed by atoms with E-state index in [0.717, 1.165) is 37.7 Å². The fraction of sp³-hybridized carbons (Fsp3) is 0.805. The molecular weight excluding hydrogens is 668 g/mol. The minimum absolute atomic E-state index is 0.125. The molecule has 0 unspecified atom stereocenters. The predicted molar refractivity (Wildman–Crippen MR) is 191 cm³/mol. The number of hydrogen-bond donors (Lipinski definition) is 3. The maximum absolute atomic E-state index is 14.6. The molecule has 5 rings (SSSR count). The number of hydrogen-bond acceptors (Lipinski definition) is 11. The average molecular weight is 731 g/mol. The molecule has 1 heterocycles. The van der Waals surface area contributed by atoms with Crippen molar-refractivity contribution in [2.45, 2.75) is 157 Å². The lowest BCUT2D eigenvalue weighted by Gasteiger charge is -2.60. The highest BCUT2D eigenvalue weighted by Crippen LogP contribution is 2.72. The van der Waals surface area contributed by atoms with E-state index in [1.807, 2.05) is 13.8 Å². The summed E-state index contributed by atoms with van der Waals surface area (Å²) in [6.07, 6.45) is -2.56. The third-order valence-electron chi connectivity index (χ3n) is 14.5. The van der Waals surface area contributed by atoms with E-state index in [4.69, 9.17) is 18.9 Å². The van der Waals surface area contributed by atoms with Gasteiger partial charge in [-0.1, -0.05) is 71.8 Å². The molecule has 3 N–H and O–H groups in total. The van der Waals surface area contributed by atoms with E-state index in [0.29, 0.717) is 31.5 Å². The lowest BCUT2D eigenvalue weighted by Crippen LogP contribution is -2.60. The highest BCUT2D eigenvalue weighted by Gasteiger charge is 2.68. The van der Waals surface area contributed by atoms with E-state index in [2.05, 4.69) is 41.2 Å². The van der Waals surface area contributed by atoms with Gasteiger partial charge in [-0.05, 0) is 79.4 Å². The Morgan fingerprint density at radius 3 is 2.19 bits per heavy atom. The number of esters is 3. The molecule has 0 aromatic heterocycles. The summed E-state index contributed by atoms with van der Waals surface area (Å²) in [6.45, 7) is 21.5. The van der Waals surface area contributed by atoms with Crippen molar-refractivity contribution in [3.8, 4) is 0 Å². The van der Waals surface area contributed by atoms with E-state index in [-0.39, 0.29) is 17.3 Å². The van der Waals surface area contributed by atoms with E-state index in [1.54, 1.807) is 0 Å². The second kappa shape index (κ2) is 14.6. The summed E-state index contributed by atoms with van der Waals surface area (Å²) in [5.41, 5.74) is 2.30. The van der Waals surface area contributed by atoms with Gasteiger partial charge < -0.3 is 34.3 Å². The number of Topliss-reactive ketones (excluding diaryl/α,β-unsaturated/α-hetero) is 1. The number of ether oxygens (including phenoxy) is 4. The van der Waals surface area contributed by atoms with Gasteiger partial charge in [0.25, 0.3) is 0 Å². The SMILES string of the molecule is C=C(CC[C@@H](C(=O)O[C@@H]1O[C@H](COC(C)=O)[C@@H](O)[C@H](O)[C@H]1O)[C@H]1[C@H](OC(C)=O)C[C@@]2(C)C3=C(CC[C@]12C)[C@@]1(C)CCC(=O)C(C)(C)[C@@H]1CC3)C(C)C. The molecule has 3 fully saturated rings. The molecule has 2 saturated carbocycles. The Balaban J connectivity index is 1.54. The number of rotatable bonds is 10. The lowest BCUT2D eigenvalue weighted by molar-refractivity contribution is -0.295. The number of carbonyl (C=O) groups is 4. The molecule has 0 aromatic carbocycles. The van der Waals surface area contributed by atoms with Crippen molar-refractivity contribution in [1.29, 1.82) is 0 Å². The first kappa shape index (κ1) is 40.6. The number of carbonyl (C=O) groups excluding carboxylic acids is 4. The monoisotopic (exact) mass is 730 g/mol. The summed E-state index contributed by atoms with van der Waals surface area (Å²) in [6, 6.07) is 0. The number of aliphatic hydroxyl groups is 3. The van der Waals surface area contributed by atoms with Gasteiger partial charge >= 0.3 is 17.9 Å². The van der Waals surface area contributed by atoms with Crippen molar-refractivity contribution in [3.63, 3.8) is 0 Å². The van der Waals surface area contributed by atoms with Crippen LogP contribution in [0.1, 0.15) is 120 Å². The van der Waals surface area contributed by atoms with Crippen molar-refractivity contribution < 1.29 is 53.4 Å². The maximum atomic E-state index is 14.6. The van der Waals surface area contributed by atoms with Crippen LogP contribution in [0.3, 0.4) is 0 Å². The van der Waals surface area contributed by atoms with E-state index in [1.165, 1.54) is 25.0 Å². The molecule has 1 aliphatic heterocycles. The molecule has 292 valence electrons. The van der Waals surface area contributed by atoms with Crippen LogP contribution in [-0.2, 0) is 38.1 Å². The van der Waals surface area contributed by atoms with Gasteiger partial charge in [0.1, 0.15) is 42.9 Å². The van der Waals surface area contributed by atoms with Crippen LogP contribution in [0.15, 0.2) is 23.3 Å². The number of allylic oxidation sites excluding steroid dienone is 3. The van der Waals surface area contributed by atoms with Crippen LogP contribution < -0.4 is 0 Å². The van der Waals surface area contributed by atoms with E-state index in [9.17, 15) is 34.5 Å². The van der Waals surface area contributed by atoms with Gasteiger partial charge in [-0.15, -0.1) is 0 Å². The minimum Gasteiger partial charge on any atom is -0.463 e. The summed E-state index contributed by atoms with van der Waals surface area (Å²) in [7, 11) is 0. The van der Waals surface area contributed by atoms with Crippen LogP contribution in [0, 0.1) is 45.3 Å². The normalized spacial score (nSPS) is 40.3. The molecule has 0 spiro atoms. The van der Waals surface area contributed by atoms with Crippen molar-refractivity contribution in [2.75, 3.05) is 6.61 Å². The second-order valence-corrected chi connectivity index (χ2v) is 18.0. The summed E-state index contributed by atoms with van der Waals surface area (Å²) in [5.74, 6) is -2.28. The topological polar surface area (TPSA) is 166 Å². The molecule has 4 aliphatic carbocycles. The minimum atomic E-state index is -1.77. The Labute approximate surface area is 308 Å².